The van der Waals surface area contributed by atoms with Crippen molar-refractivity contribution in [3.05, 3.63) is 0 Å². The Hall–Kier alpha value is -0.120. The van der Waals surface area contributed by atoms with Gasteiger partial charge in [0, 0.05) is 31.9 Å². The molecule has 2 saturated heterocycles. The van der Waals surface area contributed by atoms with Gasteiger partial charge in [0.05, 0.1) is 12.6 Å². The van der Waals surface area contributed by atoms with Gasteiger partial charge in [-0.25, -0.2) is 0 Å². The maximum absolute atomic E-state index is 5.96. The highest BCUT2D eigenvalue weighted by Gasteiger charge is 2.34. The van der Waals surface area contributed by atoms with E-state index in [1.807, 2.05) is 0 Å². The first-order valence-corrected chi connectivity index (χ1v) is 7.53. The molecule has 124 valence electrons. The normalized spacial score (nSPS) is 25.7. The number of nitrogens with two attached hydrogens (primary N) is 1. The van der Waals surface area contributed by atoms with Gasteiger partial charge >= 0.3 is 0 Å². The van der Waals surface area contributed by atoms with Crippen LogP contribution < -0.4 is 11.1 Å². The number of guanidine groups is 1. The van der Waals surface area contributed by atoms with Crippen LogP contribution >= 0.6 is 24.0 Å². The Morgan fingerprint density at radius 2 is 2.05 bits per heavy atom. The van der Waals surface area contributed by atoms with Crippen LogP contribution in [0.25, 0.3) is 0 Å². The van der Waals surface area contributed by atoms with E-state index in [2.05, 4.69) is 29.3 Å². The maximum atomic E-state index is 5.96. The van der Waals surface area contributed by atoms with Crippen LogP contribution in [0.1, 0.15) is 25.7 Å². The van der Waals surface area contributed by atoms with Crippen molar-refractivity contribution in [1.29, 1.82) is 0 Å². The molecule has 0 aromatic heterocycles. The quantitative estimate of drug-likeness (QED) is 0.397. The van der Waals surface area contributed by atoms with Crippen LogP contribution in [0.5, 0.6) is 0 Å². The van der Waals surface area contributed by atoms with Gasteiger partial charge in [-0.05, 0) is 39.8 Å². The van der Waals surface area contributed by atoms with E-state index in [0.717, 1.165) is 52.0 Å². The average molecular weight is 412 g/mol. The SMILES string of the molecule is CN(C)C1(CN=C(N)NCC2CCCO2)CCOCC1.I. The summed E-state index contributed by atoms with van der Waals surface area (Å²) in [4.78, 5) is 6.79. The van der Waals surface area contributed by atoms with Gasteiger partial charge in [-0.2, -0.15) is 0 Å². The Balaban J connectivity index is 0.00000220. The number of halogens is 1. The van der Waals surface area contributed by atoms with E-state index >= 15 is 0 Å². The first-order chi connectivity index (χ1) is 9.62. The zero-order valence-electron chi connectivity index (χ0n) is 13.1. The van der Waals surface area contributed by atoms with E-state index in [9.17, 15) is 0 Å². The van der Waals surface area contributed by atoms with Crippen molar-refractivity contribution in [3.8, 4) is 0 Å². The Morgan fingerprint density at radius 1 is 1.33 bits per heavy atom. The predicted octanol–water partition coefficient (Wildman–Crippen LogP) is 0.799. The molecule has 2 fully saturated rings. The molecule has 2 aliphatic heterocycles. The standard InChI is InChI=1S/C14H28N4O2.HI/c1-18(2)14(5-8-19-9-6-14)11-17-13(15)16-10-12-4-3-7-20-12;/h12H,3-11H2,1-2H3,(H3,15,16,17);1H. The number of ether oxygens (including phenoxy) is 2. The number of nitrogens with zero attached hydrogens (tertiary/aromatic N) is 2. The third kappa shape index (κ3) is 5.54. The molecular formula is C14H29IN4O2. The van der Waals surface area contributed by atoms with Crippen molar-refractivity contribution in [2.45, 2.75) is 37.3 Å². The Bertz CT molecular complexity index is 327. The summed E-state index contributed by atoms with van der Waals surface area (Å²) >= 11 is 0. The van der Waals surface area contributed by atoms with Crippen molar-refractivity contribution >= 4 is 29.9 Å². The second-order valence-electron chi connectivity index (χ2n) is 5.95. The summed E-state index contributed by atoms with van der Waals surface area (Å²) in [5.41, 5.74) is 6.04. The minimum Gasteiger partial charge on any atom is -0.381 e. The fraction of sp³-hybridized carbons (Fsp3) is 0.929. The number of likely N-dealkylation sites (N-methyl/N-ethyl adjacent to an activating group) is 1. The lowest BCUT2D eigenvalue weighted by atomic mass is 9.89. The van der Waals surface area contributed by atoms with Gasteiger partial charge in [-0.3, -0.25) is 4.99 Å². The molecule has 0 radical (unpaired) electrons. The molecule has 7 heteroatoms. The molecule has 2 rings (SSSR count). The molecule has 6 nitrogen and oxygen atoms in total. The fourth-order valence-corrected chi connectivity index (χ4v) is 2.81. The number of hydrogen-bond donors (Lipinski definition) is 2. The molecule has 0 saturated carbocycles. The van der Waals surface area contributed by atoms with Gasteiger partial charge in [-0.1, -0.05) is 0 Å². The van der Waals surface area contributed by atoms with Gasteiger partial charge in [0.1, 0.15) is 0 Å². The topological polar surface area (TPSA) is 72.1 Å². The number of rotatable bonds is 5. The molecule has 1 atom stereocenters. The highest BCUT2D eigenvalue weighted by Crippen LogP contribution is 2.26. The predicted molar refractivity (Wildman–Crippen MR) is 95.4 cm³/mol. The highest BCUT2D eigenvalue weighted by molar-refractivity contribution is 14.0. The molecule has 2 aliphatic rings. The van der Waals surface area contributed by atoms with Crippen LogP contribution in [0.15, 0.2) is 4.99 Å². The Labute approximate surface area is 144 Å². The molecule has 0 aliphatic carbocycles. The molecule has 21 heavy (non-hydrogen) atoms. The maximum Gasteiger partial charge on any atom is 0.188 e. The molecule has 0 aromatic carbocycles. The zero-order valence-corrected chi connectivity index (χ0v) is 15.5. The zero-order chi connectivity index (χ0) is 14.4. The molecule has 0 amide bonds. The number of hydrogen-bond acceptors (Lipinski definition) is 4. The first kappa shape index (κ1) is 18.9. The Kier molecular flexibility index (Phi) is 8.22. The molecule has 2 heterocycles. The van der Waals surface area contributed by atoms with E-state index in [4.69, 9.17) is 15.2 Å². The van der Waals surface area contributed by atoms with E-state index in [-0.39, 0.29) is 35.6 Å². The van der Waals surface area contributed by atoms with E-state index in [1.54, 1.807) is 0 Å². The summed E-state index contributed by atoms with van der Waals surface area (Å²) < 4.78 is 11.0. The summed E-state index contributed by atoms with van der Waals surface area (Å²) in [6, 6.07) is 0. The van der Waals surface area contributed by atoms with Gasteiger partial charge < -0.3 is 25.4 Å². The Morgan fingerprint density at radius 3 is 2.62 bits per heavy atom. The summed E-state index contributed by atoms with van der Waals surface area (Å²) in [5.74, 6) is 0.521. The van der Waals surface area contributed by atoms with Crippen LogP contribution in [0.2, 0.25) is 0 Å². The summed E-state index contributed by atoms with van der Waals surface area (Å²) in [7, 11) is 4.22. The van der Waals surface area contributed by atoms with Crippen molar-refractivity contribution in [1.82, 2.24) is 10.2 Å². The van der Waals surface area contributed by atoms with Gasteiger partial charge in [0.25, 0.3) is 0 Å². The lowest BCUT2D eigenvalue weighted by Gasteiger charge is -2.41. The average Bonchev–Trinajstić information content (AvgIpc) is 2.97. The van der Waals surface area contributed by atoms with E-state index in [0.29, 0.717) is 12.5 Å². The van der Waals surface area contributed by atoms with Crippen LogP contribution in [-0.4, -0.2) is 69.5 Å². The highest BCUT2D eigenvalue weighted by atomic mass is 127. The van der Waals surface area contributed by atoms with Crippen molar-refractivity contribution in [2.24, 2.45) is 10.7 Å². The van der Waals surface area contributed by atoms with Crippen molar-refractivity contribution in [2.75, 3.05) is 47.0 Å². The minimum absolute atomic E-state index is 0. The molecule has 0 aromatic rings. The second kappa shape index (κ2) is 9.12. The monoisotopic (exact) mass is 412 g/mol. The molecule has 1 unspecified atom stereocenters. The summed E-state index contributed by atoms with van der Waals surface area (Å²) in [6.07, 6.45) is 4.55. The summed E-state index contributed by atoms with van der Waals surface area (Å²) in [5, 5.41) is 3.17. The number of aliphatic imine (C=N–C) groups is 1. The second-order valence-corrected chi connectivity index (χ2v) is 5.95. The lowest BCUT2D eigenvalue weighted by Crippen LogP contribution is -2.51. The third-order valence-corrected chi connectivity index (χ3v) is 4.45. The molecule has 3 N–H and O–H groups in total. The third-order valence-electron chi connectivity index (χ3n) is 4.45. The smallest absolute Gasteiger partial charge is 0.188 e. The van der Waals surface area contributed by atoms with E-state index < -0.39 is 0 Å². The van der Waals surface area contributed by atoms with Gasteiger partial charge in [0.2, 0.25) is 0 Å². The first-order valence-electron chi connectivity index (χ1n) is 7.53. The molecule has 0 spiro atoms. The van der Waals surface area contributed by atoms with E-state index in [1.165, 1.54) is 0 Å². The van der Waals surface area contributed by atoms with Gasteiger partial charge in [-0.15, -0.1) is 24.0 Å². The van der Waals surface area contributed by atoms with Crippen LogP contribution in [0, 0.1) is 0 Å². The van der Waals surface area contributed by atoms with Crippen LogP contribution in [-0.2, 0) is 9.47 Å². The minimum atomic E-state index is 0. The summed E-state index contributed by atoms with van der Waals surface area (Å²) in [6.45, 7) is 3.95. The molecule has 0 bridgehead atoms. The molecular weight excluding hydrogens is 383 g/mol. The fourth-order valence-electron chi connectivity index (χ4n) is 2.81. The lowest BCUT2D eigenvalue weighted by molar-refractivity contribution is -0.00253. The number of nitrogens with one attached hydrogen (secondary N) is 1. The van der Waals surface area contributed by atoms with Crippen molar-refractivity contribution < 1.29 is 9.47 Å². The van der Waals surface area contributed by atoms with Crippen LogP contribution in [0.4, 0.5) is 0 Å². The van der Waals surface area contributed by atoms with Gasteiger partial charge in [0.15, 0.2) is 5.96 Å². The van der Waals surface area contributed by atoms with Crippen molar-refractivity contribution in [3.63, 3.8) is 0 Å². The van der Waals surface area contributed by atoms with Crippen LogP contribution in [0.3, 0.4) is 0 Å². The largest absolute Gasteiger partial charge is 0.381 e.